The van der Waals surface area contributed by atoms with E-state index in [1.807, 2.05) is 6.07 Å². The van der Waals surface area contributed by atoms with Crippen molar-refractivity contribution in [1.82, 2.24) is 29.9 Å². The SMILES string of the molecule is Cn1nc(-c2ccc(-c3ncc(N(C4CC4)[C@H]4C[C@]5(C)CCC[C@@H](C5)[C@H]4F)nn3)c(O)c2)nc1C#N. The van der Waals surface area contributed by atoms with Gasteiger partial charge in [-0.3, -0.25) is 0 Å². The molecule has 3 saturated carbocycles. The molecular weight excluding hydrogens is 459 g/mol. The highest BCUT2D eigenvalue weighted by molar-refractivity contribution is 5.70. The van der Waals surface area contributed by atoms with Gasteiger partial charge in [0.15, 0.2) is 17.5 Å². The number of aromatic hydroxyl groups is 1. The number of phenolic OH excluding ortho intramolecular Hbond substituents is 1. The van der Waals surface area contributed by atoms with Gasteiger partial charge in [0.05, 0.1) is 17.8 Å². The van der Waals surface area contributed by atoms with Crippen molar-refractivity contribution in [3.05, 3.63) is 30.2 Å². The minimum Gasteiger partial charge on any atom is -0.507 e. The largest absolute Gasteiger partial charge is 0.507 e. The van der Waals surface area contributed by atoms with Gasteiger partial charge < -0.3 is 10.0 Å². The standard InChI is InChI=1S/C26H29FN8O/c1-26-9-3-4-16(11-26)23(27)19(12-26)35(17-6-7-17)22-14-29-25(32-31-22)18-8-5-15(10-20(18)36)24-30-21(13-28)34(2)33-24/h5,8,10,14,16-17,19,23,36H,3-4,6-7,9,11-12H2,1-2H3/t16-,19-,23+,26+/m0/s1. The Bertz CT molecular complexity index is 1330. The van der Waals surface area contributed by atoms with Crippen LogP contribution in [0.4, 0.5) is 10.2 Å². The molecule has 1 N–H and O–H groups in total. The average Bonchev–Trinajstić information content (AvgIpc) is 3.63. The molecule has 4 atom stereocenters. The molecule has 0 unspecified atom stereocenters. The van der Waals surface area contributed by atoms with Gasteiger partial charge in [-0.1, -0.05) is 19.4 Å². The predicted octanol–water partition coefficient (Wildman–Crippen LogP) is 4.19. The Hall–Kier alpha value is -3.61. The van der Waals surface area contributed by atoms with Gasteiger partial charge in [0.2, 0.25) is 5.82 Å². The molecular formula is C26H29FN8O. The molecule has 2 aromatic heterocycles. The van der Waals surface area contributed by atoms with Gasteiger partial charge in [-0.05, 0) is 62.0 Å². The zero-order valence-electron chi connectivity index (χ0n) is 20.5. The van der Waals surface area contributed by atoms with Crippen LogP contribution in [-0.2, 0) is 7.05 Å². The second-order valence-electron chi connectivity index (χ2n) is 10.9. The third-order valence-corrected chi connectivity index (χ3v) is 8.10. The molecule has 9 nitrogen and oxygen atoms in total. The Morgan fingerprint density at radius 2 is 2.03 bits per heavy atom. The Kier molecular flexibility index (Phi) is 5.39. The molecule has 3 fully saturated rings. The molecule has 0 radical (unpaired) electrons. The number of alkyl halides is 1. The van der Waals surface area contributed by atoms with Crippen molar-refractivity contribution < 1.29 is 9.50 Å². The van der Waals surface area contributed by atoms with Crippen molar-refractivity contribution in [2.45, 2.75) is 70.1 Å². The van der Waals surface area contributed by atoms with Gasteiger partial charge in [-0.25, -0.2) is 14.1 Å². The number of benzene rings is 1. The number of nitrogens with zero attached hydrogens (tertiary/aromatic N) is 8. The summed E-state index contributed by atoms with van der Waals surface area (Å²) in [5.41, 5.74) is 1.19. The van der Waals surface area contributed by atoms with Crippen LogP contribution in [0.3, 0.4) is 0 Å². The Labute approximate surface area is 209 Å². The van der Waals surface area contributed by atoms with Gasteiger partial charge >= 0.3 is 0 Å². The van der Waals surface area contributed by atoms with Crippen LogP contribution < -0.4 is 4.90 Å². The summed E-state index contributed by atoms with van der Waals surface area (Å²) in [6.45, 7) is 2.31. The summed E-state index contributed by atoms with van der Waals surface area (Å²) in [5.74, 6) is 1.51. The van der Waals surface area contributed by atoms with E-state index in [9.17, 15) is 5.11 Å². The van der Waals surface area contributed by atoms with Crippen molar-refractivity contribution in [2.24, 2.45) is 18.4 Å². The lowest BCUT2D eigenvalue weighted by Crippen LogP contribution is -2.54. The molecule has 3 aromatic rings. The van der Waals surface area contributed by atoms with Crippen LogP contribution in [0.1, 0.15) is 57.7 Å². The van der Waals surface area contributed by atoms with Crippen LogP contribution >= 0.6 is 0 Å². The van der Waals surface area contributed by atoms with Gasteiger partial charge in [-0.15, -0.1) is 10.2 Å². The van der Waals surface area contributed by atoms with Crippen molar-refractivity contribution in [2.75, 3.05) is 4.90 Å². The van der Waals surface area contributed by atoms with Crippen LogP contribution in [0.15, 0.2) is 24.4 Å². The number of rotatable bonds is 5. The number of nitriles is 1. The van der Waals surface area contributed by atoms with Crippen LogP contribution in [0.25, 0.3) is 22.8 Å². The van der Waals surface area contributed by atoms with Gasteiger partial charge in [-0.2, -0.15) is 15.3 Å². The predicted molar refractivity (Wildman–Crippen MR) is 131 cm³/mol. The Morgan fingerprint density at radius 3 is 2.69 bits per heavy atom. The van der Waals surface area contributed by atoms with E-state index >= 15 is 4.39 Å². The Morgan fingerprint density at radius 1 is 1.19 bits per heavy atom. The van der Waals surface area contributed by atoms with E-state index in [1.165, 1.54) is 10.7 Å². The zero-order valence-corrected chi connectivity index (χ0v) is 20.5. The first-order valence-electron chi connectivity index (χ1n) is 12.6. The normalized spacial score (nSPS) is 27.4. The van der Waals surface area contributed by atoms with E-state index in [0.29, 0.717) is 22.8 Å². The molecule has 3 aliphatic rings. The number of anilines is 1. The van der Waals surface area contributed by atoms with E-state index in [1.54, 1.807) is 25.4 Å². The summed E-state index contributed by atoms with van der Waals surface area (Å²) in [6, 6.07) is 7.02. The molecule has 10 heteroatoms. The molecule has 0 spiro atoms. The number of halogens is 1. The highest BCUT2D eigenvalue weighted by atomic mass is 19.1. The summed E-state index contributed by atoms with van der Waals surface area (Å²) in [4.78, 5) is 10.8. The minimum atomic E-state index is -0.862. The molecule has 186 valence electrons. The number of hydrogen-bond acceptors (Lipinski definition) is 8. The molecule has 0 aliphatic heterocycles. The van der Waals surface area contributed by atoms with E-state index in [-0.39, 0.29) is 40.8 Å². The van der Waals surface area contributed by atoms with E-state index in [0.717, 1.165) is 44.9 Å². The maximum atomic E-state index is 15.7. The summed E-state index contributed by atoms with van der Waals surface area (Å²) in [6.07, 6.45) is 7.93. The molecule has 2 heterocycles. The van der Waals surface area contributed by atoms with E-state index in [2.05, 4.69) is 37.1 Å². The quantitative estimate of drug-likeness (QED) is 0.568. The second kappa shape index (κ2) is 8.50. The lowest BCUT2D eigenvalue weighted by atomic mass is 9.60. The molecule has 2 bridgehead atoms. The fourth-order valence-corrected chi connectivity index (χ4v) is 6.22. The maximum absolute atomic E-state index is 15.7. The molecule has 1 aromatic carbocycles. The number of aryl methyl sites for hydroxylation is 1. The summed E-state index contributed by atoms with van der Waals surface area (Å²) >= 11 is 0. The minimum absolute atomic E-state index is 0.0380. The molecule has 3 aliphatic carbocycles. The summed E-state index contributed by atoms with van der Waals surface area (Å²) in [7, 11) is 1.64. The first-order chi connectivity index (χ1) is 17.3. The summed E-state index contributed by atoms with van der Waals surface area (Å²) in [5, 5.41) is 32.8. The van der Waals surface area contributed by atoms with Gasteiger partial charge in [0, 0.05) is 18.7 Å². The van der Waals surface area contributed by atoms with Gasteiger partial charge in [0.1, 0.15) is 18.0 Å². The highest BCUT2D eigenvalue weighted by Gasteiger charge is 2.50. The van der Waals surface area contributed by atoms with E-state index in [4.69, 9.17) is 5.26 Å². The monoisotopic (exact) mass is 488 g/mol. The zero-order chi connectivity index (χ0) is 25.0. The lowest BCUT2D eigenvalue weighted by Gasteiger charge is -2.51. The third kappa shape index (κ3) is 3.96. The van der Waals surface area contributed by atoms with Crippen molar-refractivity contribution >= 4 is 5.82 Å². The van der Waals surface area contributed by atoms with Gasteiger partial charge in [0.25, 0.3) is 0 Å². The molecule has 6 rings (SSSR count). The third-order valence-electron chi connectivity index (χ3n) is 8.10. The van der Waals surface area contributed by atoms with Crippen LogP contribution in [0.2, 0.25) is 0 Å². The molecule has 36 heavy (non-hydrogen) atoms. The topological polar surface area (TPSA) is 117 Å². The average molecular weight is 489 g/mol. The fraction of sp³-hybridized carbons (Fsp3) is 0.538. The van der Waals surface area contributed by atoms with Crippen molar-refractivity contribution in [3.63, 3.8) is 0 Å². The smallest absolute Gasteiger partial charge is 0.231 e. The van der Waals surface area contributed by atoms with Crippen molar-refractivity contribution in [1.29, 1.82) is 5.26 Å². The number of fused-ring (bicyclic) bond motifs is 2. The first kappa shape index (κ1) is 22.8. The van der Waals surface area contributed by atoms with Crippen molar-refractivity contribution in [3.8, 4) is 34.6 Å². The summed E-state index contributed by atoms with van der Waals surface area (Å²) < 4.78 is 17.1. The Balaban J connectivity index is 1.27. The molecule has 0 saturated heterocycles. The number of hydrogen-bond donors (Lipinski definition) is 1. The number of aromatic nitrogens is 6. The first-order valence-corrected chi connectivity index (χ1v) is 12.6. The second-order valence-corrected chi connectivity index (χ2v) is 10.9. The maximum Gasteiger partial charge on any atom is 0.231 e. The highest BCUT2D eigenvalue weighted by Crippen LogP contribution is 2.52. The fourth-order valence-electron chi connectivity index (χ4n) is 6.22. The lowest BCUT2D eigenvalue weighted by molar-refractivity contribution is 0.00942. The van der Waals surface area contributed by atoms with E-state index < -0.39 is 6.17 Å². The number of phenols is 1. The van der Waals surface area contributed by atoms with Crippen LogP contribution in [0, 0.1) is 22.7 Å². The molecule has 0 amide bonds. The van der Waals surface area contributed by atoms with Crippen LogP contribution in [0.5, 0.6) is 5.75 Å². The van der Waals surface area contributed by atoms with Crippen LogP contribution in [-0.4, -0.2) is 53.3 Å².